The van der Waals surface area contributed by atoms with Crippen LogP contribution in [0.1, 0.15) is 77.6 Å². The highest BCUT2D eigenvalue weighted by atomic mass is 15.2. The molecule has 0 unspecified atom stereocenters. The molecule has 5 rings (SSSR count). The lowest BCUT2D eigenvalue weighted by molar-refractivity contribution is 0.229. The summed E-state index contributed by atoms with van der Waals surface area (Å²) in [6.45, 7) is 12.9. The average molecular weight is 411 g/mol. The standard InChI is InChI=1S/C8H16.2C5H11N.C4H9N.C3H7N/c1-8-6-4-2-3-5-7-8;2*1-6-4-2-3-5-6;1-5-3-2-4-5;1-4-2-3-4/h8H,2-7H2,1H3;2*2-5H2,1H3;2-4H2,1H3;2-3H2,1H3. The summed E-state index contributed by atoms with van der Waals surface area (Å²) in [5, 5.41) is 0. The van der Waals surface area contributed by atoms with Crippen LogP contribution >= 0.6 is 0 Å². The van der Waals surface area contributed by atoms with E-state index in [1.165, 1.54) is 123 Å². The summed E-state index contributed by atoms with van der Waals surface area (Å²) in [6, 6.07) is 0. The highest BCUT2D eigenvalue weighted by Crippen LogP contribution is 2.21. The summed E-state index contributed by atoms with van der Waals surface area (Å²) in [6.07, 6.45) is 16.0. The molecule has 0 radical (unpaired) electrons. The van der Waals surface area contributed by atoms with Crippen LogP contribution in [0.3, 0.4) is 0 Å². The van der Waals surface area contributed by atoms with Gasteiger partial charge in [-0.05, 0) is 105 Å². The van der Waals surface area contributed by atoms with E-state index in [2.05, 4.69) is 54.7 Å². The third-order valence-electron chi connectivity index (χ3n) is 6.55. The number of nitrogens with zero attached hydrogens (tertiary/aromatic N) is 4. The molecule has 4 aliphatic heterocycles. The Bertz CT molecular complexity index is 321. The van der Waals surface area contributed by atoms with Crippen molar-refractivity contribution >= 4 is 0 Å². The van der Waals surface area contributed by atoms with Gasteiger partial charge in [-0.15, -0.1) is 0 Å². The van der Waals surface area contributed by atoms with E-state index < -0.39 is 0 Å². The van der Waals surface area contributed by atoms with Crippen molar-refractivity contribution in [1.82, 2.24) is 19.6 Å². The van der Waals surface area contributed by atoms with E-state index in [9.17, 15) is 0 Å². The van der Waals surface area contributed by atoms with Gasteiger partial charge in [-0.1, -0.05) is 45.4 Å². The highest BCUT2D eigenvalue weighted by Gasteiger charge is 2.07. The first-order valence-electron chi connectivity index (χ1n) is 12.7. The van der Waals surface area contributed by atoms with Crippen LogP contribution in [0.2, 0.25) is 0 Å². The molecule has 0 aromatic rings. The highest BCUT2D eigenvalue weighted by molar-refractivity contribution is 4.64. The van der Waals surface area contributed by atoms with E-state index in [-0.39, 0.29) is 0 Å². The maximum absolute atomic E-state index is 2.38. The van der Waals surface area contributed by atoms with E-state index in [4.69, 9.17) is 0 Å². The van der Waals surface area contributed by atoms with E-state index in [1.807, 2.05) is 0 Å². The molecule has 0 bridgehead atoms. The third kappa shape index (κ3) is 18.3. The molecule has 5 fully saturated rings. The summed E-state index contributed by atoms with van der Waals surface area (Å²) in [4.78, 5) is 9.28. The lowest BCUT2D eigenvalue weighted by Gasteiger charge is -2.24. The third-order valence-corrected chi connectivity index (χ3v) is 6.55. The van der Waals surface area contributed by atoms with Gasteiger partial charge in [0.25, 0.3) is 0 Å². The van der Waals surface area contributed by atoms with Crippen LogP contribution in [0.25, 0.3) is 0 Å². The molecule has 29 heavy (non-hydrogen) atoms. The van der Waals surface area contributed by atoms with Gasteiger partial charge in [0, 0.05) is 13.1 Å². The monoisotopic (exact) mass is 410 g/mol. The molecule has 0 N–H and O–H groups in total. The fourth-order valence-electron chi connectivity index (χ4n) is 3.81. The molecule has 4 nitrogen and oxygen atoms in total. The van der Waals surface area contributed by atoms with Crippen molar-refractivity contribution in [2.24, 2.45) is 5.92 Å². The Labute approximate surface area is 184 Å². The van der Waals surface area contributed by atoms with Crippen molar-refractivity contribution in [3.8, 4) is 0 Å². The van der Waals surface area contributed by atoms with Crippen molar-refractivity contribution in [1.29, 1.82) is 0 Å². The topological polar surface area (TPSA) is 12.7 Å². The summed E-state index contributed by atoms with van der Waals surface area (Å²) in [5.41, 5.74) is 0. The Morgan fingerprint density at radius 3 is 0.828 bits per heavy atom. The first kappa shape index (κ1) is 26.9. The SMILES string of the molecule is CC1CCCCCC1.CN1CC1.CN1CCC1.CN1CCCC1.CN1CCCC1. The Kier molecular flexibility index (Phi) is 16.2. The minimum absolute atomic E-state index is 1.03. The number of hydrogen-bond acceptors (Lipinski definition) is 4. The average Bonchev–Trinajstić information content (AvgIpc) is 3.16. The minimum Gasteiger partial charge on any atom is -0.306 e. The molecule has 0 aromatic carbocycles. The van der Waals surface area contributed by atoms with Crippen molar-refractivity contribution in [2.45, 2.75) is 77.6 Å². The molecular weight excluding hydrogens is 356 g/mol. The van der Waals surface area contributed by atoms with Gasteiger partial charge in [-0.2, -0.15) is 0 Å². The van der Waals surface area contributed by atoms with Gasteiger partial charge in [0.1, 0.15) is 0 Å². The van der Waals surface area contributed by atoms with Crippen LogP contribution in [0.15, 0.2) is 0 Å². The van der Waals surface area contributed by atoms with Crippen LogP contribution in [0.5, 0.6) is 0 Å². The van der Waals surface area contributed by atoms with E-state index in [0.717, 1.165) is 5.92 Å². The van der Waals surface area contributed by atoms with E-state index in [1.54, 1.807) is 0 Å². The molecule has 0 amide bonds. The molecule has 0 atom stereocenters. The molecule has 0 spiro atoms. The lowest BCUT2D eigenvalue weighted by atomic mass is 10.0. The van der Waals surface area contributed by atoms with Crippen molar-refractivity contribution < 1.29 is 0 Å². The van der Waals surface area contributed by atoms with Crippen LogP contribution in [0.4, 0.5) is 0 Å². The van der Waals surface area contributed by atoms with Gasteiger partial charge < -0.3 is 19.6 Å². The van der Waals surface area contributed by atoms with Gasteiger partial charge in [0.05, 0.1) is 0 Å². The Morgan fingerprint density at radius 1 is 0.379 bits per heavy atom. The molecule has 4 saturated heterocycles. The number of rotatable bonds is 0. The van der Waals surface area contributed by atoms with Gasteiger partial charge in [-0.25, -0.2) is 0 Å². The second kappa shape index (κ2) is 17.5. The second-order valence-electron chi connectivity index (χ2n) is 10.1. The fraction of sp³-hybridized carbons (Fsp3) is 1.00. The summed E-state index contributed by atoms with van der Waals surface area (Å²) in [7, 11) is 8.60. The second-order valence-corrected chi connectivity index (χ2v) is 10.1. The predicted molar refractivity (Wildman–Crippen MR) is 130 cm³/mol. The fourth-order valence-corrected chi connectivity index (χ4v) is 3.81. The Balaban J connectivity index is 0.000000184. The zero-order valence-electron chi connectivity index (χ0n) is 20.8. The predicted octanol–water partition coefficient (Wildman–Crippen LogP) is 4.65. The van der Waals surface area contributed by atoms with Crippen LogP contribution in [0, 0.1) is 5.92 Å². The van der Waals surface area contributed by atoms with Crippen molar-refractivity contribution in [3.63, 3.8) is 0 Å². The summed E-state index contributed by atoms with van der Waals surface area (Å²) in [5.74, 6) is 1.03. The van der Waals surface area contributed by atoms with Crippen LogP contribution in [-0.2, 0) is 0 Å². The normalized spacial score (nSPS) is 25.6. The largest absolute Gasteiger partial charge is 0.306 e. The maximum Gasteiger partial charge on any atom is 0.0107 e. The van der Waals surface area contributed by atoms with Crippen LogP contribution < -0.4 is 0 Å². The summed E-state index contributed by atoms with van der Waals surface area (Å²) >= 11 is 0. The van der Waals surface area contributed by atoms with Crippen molar-refractivity contribution in [3.05, 3.63) is 0 Å². The first-order valence-corrected chi connectivity index (χ1v) is 12.7. The number of likely N-dealkylation sites (tertiary alicyclic amines) is 3. The number of hydrogen-bond donors (Lipinski definition) is 0. The molecule has 4 heteroatoms. The van der Waals surface area contributed by atoms with Gasteiger partial charge in [0.2, 0.25) is 0 Å². The molecule has 174 valence electrons. The van der Waals surface area contributed by atoms with Gasteiger partial charge in [0.15, 0.2) is 0 Å². The zero-order valence-corrected chi connectivity index (χ0v) is 20.8. The Hall–Kier alpha value is -0.160. The zero-order chi connectivity index (χ0) is 21.3. The van der Waals surface area contributed by atoms with Crippen molar-refractivity contribution in [2.75, 3.05) is 80.5 Å². The first-order chi connectivity index (χ1) is 14.0. The van der Waals surface area contributed by atoms with E-state index >= 15 is 0 Å². The quantitative estimate of drug-likeness (QED) is 0.425. The minimum atomic E-state index is 1.03. The molecule has 0 aromatic heterocycles. The lowest BCUT2D eigenvalue weighted by Crippen LogP contribution is -2.32. The molecule has 1 aliphatic carbocycles. The molecular formula is C25H54N4. The van der Waals surface area contributed by atoms with Gasteiger partial charge in [-0.3, -0.25) is 0 Å². The molecule has 1 saturated carbocycles. The maximum atomic E-state index is 2.38. The van der Waals surface area contributed by atoms with E-state index in [0.29, 0.717) is 0 Å². The molecule has 4 heterocycles. The van der Waals surface area contributed by atoms with Crippen LogP contribution in [-0.4, -0.2) is 100 Å². The Morgan fingerprint density at radius 2 is 0.655 bits per heavy atom. The van der Waals surface area contributed by atoms with Gasteiger partial charge >= 0.3 is 0 Å². The summed E-state index contributed by atoms with van der Waals surface area (Å²) < 4.78 is 0. The smallest absolute Gasteiger partial charge is 0.0107 e. The molecule has 5 aliphatic rings. The number of likely N-dealkylation sites (N-methyl/N-ethyl adjacent to an activating group) is 1.